The average Bonchev–Trinajstić information content (AvgIpc) is 3.23. The maximum absolute atomic E-state index is 13.1. The monoisotopic (exact) mass is 462 g/mol. The lowest BCUT2D eigenvalue weighted by molar-refractivity contribution is -0.137. The Bertz CT molecular complexity index is 1260. The minimum atomic E-state index is -4.40. The van der Waals surface area contributed by atoms with Crippen molar-refractivity contribution >= 4 is 33.3 Å². The van der Waals surface area contributed by atoms with Gasteiger partial charge >= 0.3 is 6.18 Å². The van der Waals surface area contributed by atoms with E-state index < -0.39 is 11.7 Å². The average molecular weight is 463 g/mol. The number of nitrogens with zero attached hydrogens (tertiary/aromatic N) is 2. The Balaban J connectivity index is 1.66. The standard InChI is InChI=1S/C22H17F3N2O2S2/c1-29-17-7-5-14(6-8-17)12-27-20(28)19-18(9-10-30-19)26-21(27)31-13-15-3-2-4-16(11-15)22(23,24)25/h2-11H,12-13H2,1H3. The molecule has 0 saturated heterocycles. The van der Waals surface area contributed by atoms with E-state index in [4.69, 9.17) is 4.74 Å². The van der Waals surface area contributed by atoms with E-state index in [1.807, 2.05) is 24.3 Å². The van der Waals surface area contributed by atoms with E-state index in [-0.39, 0.29) is 11.3 Å². The zero-order valence-corrected chi connectivity index (χ0v) is 18.0. The second kappa shape index (κ2) is 8.76. The number of hydrogen-bond acceptors (Lipinski definition) is 5. The Labute approximate surface area is 184 Å². The summed E-state index contributed by atoms with van der Waals surface area (Å²) in [5.41, 5.74) is 1.13. The van der Waals surface area contributed by atoms with Gasteiger partial charge in [0, 0.05) is 5.75 Å². The largest absolute Gasteiger partial charge is 0.497 e. The Morgan fingerprint density at radius 3 is 2.58 bits per heavy atom. The third-order valence-corrected chi connectivity index (χ3v) is 6.59. The van der Waals surface area contributed by atoms with Crippen molar-refractivity contribution in [2.24, 2.45) is 0 Å². The maximum Gasteiger partial charge on any atom is 0.416 e. The van der Waals surface area contributed by atoms with Gasteiger partial charge in [-0.3, -0.25) is 9.36 Å². The van der Waals surface area contributed by atoms with E-state index in [1.54, 1.807) is 29.2 Å². The summed E-state index contributed by atoms with van der Waals surface area (Å²) in [4.78, 5) is 17.7. The number of halogens is 3. The quantitative estimate of drug-likeness (QED) is 0.267. The highest BCUT2D eigenvalue weighted by molar-refractivity contribution is 7.98. The van der Waals surface area contributed by atoms with Crippen LogP contribution in [0, 0.1) is 0 Å². The molecule has 4 aromatic rings. The van der Waals surface area contributed by atoms with Gasteiger partial charge in [-0.2, -0.15) is 13.2 Å². The van der Waals surface area contributed by atoms with E-state index in [1.165, 1.54) is 29.2 Å². The molecule has 9 heteroatoms. The fourth-order valence-corrected chi connectivity index (χ4v) is 4.79. The molecule has 0 aliphatic heterocycles. The molecule has 0 aliphatic rings. The van der Waals surface area contributed by atoms with Crippen molar-refractivity contribution in [3.05, 3.63) is 87.0 Å². The fraction of sp³-hybridized carbons (Fsp3) is 0.182. The molecule has 0 bridgehead atoms. The number of methoxy groups -OCH3 is 1. The summed E-state index contributed by atoms with van der Waals surface area (Å²) in [5.74, 6) is 0.969. The Morgan fingerprint density at radius 2 is 1.87 bits per heavy atom. The van der Waals surface area contributed by atoms with E-state index in [9.17, 15) is 18.0 Å². The topological polar surface area (TPSA) is 44.1 Å². The molecule has 0 amide bonds. The molecule has 2 heterocycles. The van der Waals surface area contributed by atoms with E-state index in [2.05, 4.69) is 4.98 Å². The van der Waals surface area contributed by atoms with Crippen LogP contribution in [0.5, 0.6) is 5.75 Å². The van der Waals surface area contributed by atoms with Crippen LogP contribution >= 0.6 is 23.1 Å². The van der Waals surface area contributed by atoms with Gasteiger partial charge in [0.2, 0.25) is 0 Å². The lowest BCUT2D eigenvalue weighted by atomic mass is 10.1. The molecule has 4 nitrogen and oxygen atoms in total. The zero-order valence-electron chi connectivity index (χ0n) is 16.3. The lowest BCUT2D eigenvalue weighted by Gasteiger charge is -2.13. The van der Waals surface area contributed by atoms with Crippen molar-refractivity contribution < 1.29 is 17.9 Å². The van der Waals surface area contributed by atoms with Gasteiger partial charge in [-0.05, 0) is 40.8 Å². The minimum absolute atomic E-state index is 0.164. The number of hydrogen-bond donors (Lipinski definition) is 0. The molecular formula is C22H17F3N2O2S2. The summed E-state index contributed by atoms with van der Waals surface area (Å²) in [7, 11) is 1.58. The number of ether oxygens (including phenoxy) is 1. The smallest absolute Gasteiger partial charge is 0.416 e. The van der Waals surface area contributed by atoms with Gasteiger partial charge in [-0.15, -0.1) is 11.3 Å². The number of thiophene rings is 1. The summed E-state index contributed by atoms with van der Waals surface area (Å²) in [6, 6.07) is 14.3. The maximum atomic E-state index is 13.1. The van der Waals surface area contributed by atoms with Gasteiger partial charge in [0.25, 0.3) is 5.56 Å². The number of rotatable bonds is 6. The summed E-state index contributed by atoms with van der Waals surface area (Å²) >= 11 is 2.57. The number of thioether (sulfide) groups is 1. The van der Waals surface area contributed by atoms with Crippen molar-refractivity contribution in [2.75, 3.05) is 7.11 Å². The van der Waals surface area contributed by atoms with Crippen molar-refractivity contribution in [3.63, 3.8) is 0 Å². The van der Waals surface area contributed by atoms with Crippen LogP contribution in [0.3, 0.4) is 0 Å². The Hall–Kier alpha value is -2.78. The molecule has 0 spiro atoms. The molecule has 2 aromatic carbocycles. The lowest BCUT2D eigenvalue weighted by Crippen LogP contribution is -2.23. The van der Waals surface area contributed by atoms with Crippen LogP contribution in [0.4, 0.5) is 13.2 Å². The van der Waals surface area contributed by atoms with Gasteiger partial charge < -0.3 is 4.74 Å². The van der Waals surface area contributed by atoms with Crippen molar-refractivity contribution in [2.45, 2.75) is 23.6 Å². The molecule has 0 N–H and O–H groups in total. The Morgan fingerprint density at radius 1 is 1.10 bits per heavy atom. The van der Waals surface area contributed by atoms with Crippen LogP contribution in [0.2, 0.25) is 0 Å². The SMILES string of the molecule is COc1ccc(Cn2c(SCc3cccc(C(F)(F)F)c3)nc3ccsc3c2=O)cc1. The third kappa shape index (κ3) is 4.77. The Kier molecular flexibility index (Phi) is 6.06. The highest BCUT2D eigenvalue weighted by Gasteiger charge is 2.30. The van der Waals surface area contributed by atoms with Crippen LogP contribution in [0.1, 0.15) is 16.7 Å². The molecule has 2 aromatic heterocycles. The molecule has 4 rings (SSSR count). The van der Waals surface area contributed by atoms with Crippen LogP contribution in [-0.4, -0.2) is 16.7 Å². The second-order valence-electron chi connectivity index (χ2n) is 6.76. The highest BCUT2D eigenvalue weighted by Crippen LogP contribution is 2.31. The first kappa shape index (κ1) is 21.5. The molecule has 0 unspecified atom stereocenters. The van der Waals surface area contributed by atoms with Gasteiger partial charge in [0.1, 0.15) is 10.4 Å². The predicted molar refractivity (Wildman–Crippen MR) is 117 cm³/mol. The molecule has 0 atom stereocenters. The highest BCUT2D eigenvalue weighted by atomic mass is 32.2. The van der Waals surface area contributed by atoms with E-state index >= 15 is 0 Å². The first-order chi connectivity index (χ1) is 14.8. The molecule has 0 radical (unpaired) electrons. The number of alkyl halides is 3. The molecule has 0 fully saturated rings. The zero-order chi connectivity index (χ0) is 22.0. The first-order valence-corrected chi connectivity index (χ1v) is 11.1. The van der Waals surface area contributed by atoms with E-state index in [0.717, 1.165) is 17.7 Å². The van der Waals surface area contributed by atoms with Crippen molar-refractivity contribution in [1.29, 1.82) is 0 Å². The summed E-state index contributed by atoms with van der Waals surface area (Å²) < 4.78 is 46.3. The molecule has 0 aliphatic carbocycles. The van der Waals surface area contributed by atoms with Gasteiger partial charge in [0.05, 0.1) is 24.7 Å². The molecule has 31 heavy (non-hydrogen) atoms. The predicted octanol–water partition coefficient (Wildman–Crippen LogP) is 5.83. The third-order valence-electron chi connectivity index (χ3n) is 4.65. The van der Waals surface area contributed by atoms with Crippen LogP contribution in [-0.2, 0) is 18.5 Å². The van der Waals surface area contributed by atoms with Gasteiger partial charge in [0.15, 0.2) is 5.16 Å². The van der Waals surface area contributed by atoms with Crippen LogP contribution in [0.25, 0.3) is 10.2 Å². The molecule has 0 saturated carbocycles. The van der Waals surface area contributed by atoms with Gasteiger partial charge in [-0.1, -0.05) is 42.1 Å². The fourth-order valence-electron chi connectivity index (χ4n) is 3.07. The summed E-state index contributed by atoms with van der Waals surface area (Å²) in [6.07, 6.45) is -4.40. The summed E-state index contributed by atoms with van der Waals surface area (Å²) in [6.45, 7) is 0.300. The second-order valence-corrected chi connectivity index (χ2v) is 8.61. The van der Waals surface area contributed by atoms with Crippen LogP contribution in [0.15, 0.2) is 69.9 Å². The molecular weight excluding hydrogens is 445 g/mol. The number of aromatic nitrogens is 2. The summed E-state index contributed by atoms with van der Waals surface area (Å²) in [5, 5.41) is 2.27. The normalized spacial score (nSPS) is 11.7. The molecule has 160 valence electrons. The van der Waals surface area contributed by atoms with Crippen LogP contribution < -0.4 is 10.3 Å². The van der Waals surface area contributed by atoms with Crippen molar-refractivity contribution in [1.82, 2.24) is 9.55 Å². The minimum Gasteiger partial charge on any atom is -0.497 e. The number of fused-ring (bicyclic) bond motifs is 1. The van der Waals surface area contributed by atoms with E-state index in [0.29, 0.717) is 33.2 Å². The first-order valence-electron chi connectivity index (χ1n) is 9.25. The number of benzene rings is 2. The van der Waals surface area contributed by atoms with Crippen molar-refractivity contribution in [3.8, 4) is 5.75 Å². The van der Waals surface area contributed by atoms with Gasteiger partial charge in [-0.25, -0.2) is 4.98 Å².